The summed E-state index contributed by atoms with van der Waals surface area (Å²) in [4.78, 5) is 41.8. The Bertz CT molecular complexity index is 1540. The van der Waals surface area contributed by atoms with Gasteiger partial charge in [0.15, 0.2) is 5.82 Å². The molecule has 4 heterocycles. The Labute approximate surface area is 212 Å². The van der Waals surface area contributed by atoms with E-state index in [1.54, 1.807) is 11.8 Å². The number of nitrogens with zero attached hydrogens (tertiary/aromatic N) is 7. The van der Waals surface area contributed by atoms with Gasteiger partial charge in [-0.2, -0.15) is 10.4 Å². The van der Waals surface area contributed by atoms with Crippen LogP contribution in [0.3, 0.4) is 0 Å². The van der Waals surface area contributed by atoms with Gasteiger partial charge >= 0.3 is 0 Å². The maximum Gasteiger partial charge on any atom is 0.295 e. The van der Waals surface area contributed by atoms with Gasteiger partial charge in [0, 0.05) is 38.5 Å². The molecule has 3 aromatic heterocycles. The van der Waals surface area contributed by atoms with E-state index in [1.807, 2.05) is 30.3 Å². The number of piperazine rings is 1. The van der Waals surface area contributed by atoms with Crippen LogP contribution in [0, 0.1) is 18.3 Å². The molecule has 11 heteroatoms. The molecular weight excluding hydrogens is 472 g/mol. The van der Waals surface area contributed by atoms with Crippen molar-refractivity contribution in [3.8, 4) is 17.6 Å². The third-order valence-electron chi connectivity index (χ3n) is 6.31. The van der Waals surface area contributed by atoms with E-state index in [-0.39, 0.29) is 5.56 Å². The number of hydrogen-bond acceptors (Lipinski definition) is 8. The topological polar surface area (TPSA) is 133 Å². The summed E-state index contributed by atoms with van der Waals surface area (Å²) in [5.74, 6) is 0.146. The SMILES string of the molecule is COc1cnc(-n2cnc(C)n2)c2[nH]cc(C(=O)C(=O)N3CCN(C(=CC#N)c4ccccc4)CC3)c12. The Morgan fingerprint density at radius 3 is 2.49 bits per heavy atom. The van der Waals surface area contributed by atoms with Crippen LogP contribution in [-0.2, 0) is 4.79 Å². The lowest BCUT2D eigenvalue weighted by molar-refractivity contribution is -0.127. The number of fused-ring (bicyclic) bond motifs is 1. The summed E-state index contributed by atoms with van der Waals surface area (Å²) in [6, 6.07) is 11.7. The van der Waals surface area contributed by atoms with Crippen LogP contribution in [0.2, 0.25) is 0 Å². The van der Waals surface area contributed by atoms with Gasteiger partial charge in [0.1, 0.15) is 17.9 Å². The third-order valence-corrected chi connectivity index (χ3v) is 6.31. The standard InChI is InChI=1S/C26H24N8O3/c1-17-30-16-34(31-17)25-23-22(21(37-2)15-29-25)19(14-28-23)24(35)26(36)33-12-10-32(11-13-33)20(8-9-27)18-6-4-3-5-7-18/h3-8,14-16,28H,10-13H2,1-2H3. The van der Waals surface area contributed by atoms with Gasteiger partial charge in [0.05, 0.1) is 41.5 Å². The van der Waals surface area contributed by atoms with Gasteiger partial charge in [0.2, 0.25) is 0 Å². The van der Waals surface area contributed by atoms with Crippen molar-refractivity contribution in [3.63, 3.8) is 0 Å². The van der Waals surface area contributed by atoms with Crippen LogP contribution in [0.5, 0.6) is 5.75 Å². The monoisotopic (exact) mass is 496 g/mol. The molecule has 186 valence electrons. The van der Waals surface area contributed by atoms with E-state index in [0.717, 1.165) is 11.3 Å². The molecule has 0 aliphatic carbocycles. The number of hydrogen-bond donors (Lipinski definition) is 1. The second-order valence-corrected chi connectivity index (χ2v) is 8.47. The van der Waals surface area contributed by atoms with Crippen LogP contribution >= 0.6 is 0 Å². The van der Waals surface area contributed by atoms with E-state index < -0.39 is 11.7 Å². The molecule has 1 aromatic carbocycles. The van der Waals surface area contributed by atoms with Crippen molar-refractivity contribution in [2.24, 2.45) is 0 Å². The zero-order valence-corrected chi connectivity index (χ0v) is 20.4. The molecule has 1 aliphatic heterocycles. The fraction of sp³-hybridized carbons (Fsp3) is 0.231. The number of nitriles is 1. The number of ether oxygens (including phenoxy) is 1. The minimum absolute atomic E-state index is 0.203. The number of methoxy groups -OCH3 is 1. The van der Waals surface area contributed by atoms with E-state index in [2.05, 4.69) is 31.0 Å². The summed E-state index contributed by atoms with van der Waals surface area (Å²) in [7, 11) is 1.48. The van der Waals surface area contributed by atoms with Crippen LogP contribution in [0.1, 0.15) is 21.7 Å². The number of allylic oxidation sites excluding steroid dienone is 1. The Hall–Kier alpha value is -4.98. The maximum absolute atomic E-state index is 13.4. The number of rotatable bonds is 6. The quantitative estimate of drug-likeness (QED) is 0.244. The number of carbonyl (C=O) groups excluding carboxylic acids is 2. The number of aromatic nitrogens is 5. The van der Waals surface area contributed by atoms with Crippen LogP contribution in [0.4, 0.5) is 0 Å². The molecule has 1 N–H and O–H groups in total. The molecular formula is C26H24N8O3. The molecule has 5 rings (SSSR count). The van der Waals surface area contributed by atoms with Crippen molar-refractivity contribution in [2.45, 2.75) is 6.92 Å². The molecule has 1 saturated heterocycles. The summed E-state index contributed by atoms with van der Waals surface area (Å²) in [6.45, 7) is 3.46. The first-order valence-corrected chi connectivity index (χ1v) is 11.7. The predicted octanol–water partition coefficient (Wildman–Crippen LogP) is 2.35. The molecule has 1 fully saturated rings. The highest BCUT2D eigenvalue weighted by Crippen LogP contribution is 2.32. The van der Waals surface area contributed by atoms with Gasteiger partial charge in [-0.3, -0.25) is 9.59 Å². The van der Waals surface area contributed by atoms with Gasteiger partial charge in [-0.25, -0.2) is 14.6 Å². The first-order chi connectivity index (χ1) is 18.0. The fourth-order valence-corrected chi connectivity index (χ4v) is 4.50. The minimum atomic E-state index is -0.638. The smallest absolute Gasteiger partial charge is 0.295 e. The molecule has 0 radical (unpaired) electrons. The van der Waals surface area contributed by atoms with Crippen molar-refractivity contribution in [1.82, 2.24) is 34.5 Å². The Kier molecular flexibility index (Phi) is 6.38. The maximum atomic E-state index is 13.4. The lowest BCUT2D eigenvalue weighted by Gasteiger charge is -2.37. The molecule has 1 aliphatic rings. The molecule has 4 aromatic rings. The third kappa shape index (κ3) is 4.40. The van der Waals surface area contributed by atoms with Gasteiger partial charge in [-0.15, -0.1) is 0 Å². The summed E-state index contributed by atoms with van der Waals surface area (Å²) in [5.41, 5.74) is 2.44. The van der Waals surface area contributed by atoms with Crippen molar-refractivity contribution in [2.75, 3.05) is 33.3 Å². The molecule has 37 heavy (non-hydrogen) atoms. The van der Waals surface area contributed by atoms with Crippen LogP contribution in [0.15, 0.2) is 55.1 Å². The van der Waals surface area contributed by atoms with Crippen LogP contribution in [0.25, 0.3) is 22.4 Å². The normalized spacial score (nSPS) is 14.0. The number of ketones is 1. The Morgan fingerprint density at radius 1 is 1.11 bits per heavy atom. The van der Waals surface area contributed by atoms with Gasteiger partial charge in [0.25, 0.3) is 11.7 Å². The van der Waals surface area contributed by atoms with E-state index in [0.29, 0.717) is 54.5 Å². The fourth-order valence-electron chi connectivity index (χ4n) is 4.50. The summed E-state index contributed by atoms with van der Waals surface area (Å²) >= 11 is 0. The number of aromatic amines is 1. The molecule has 0 bridgehead atoms. The number of aryl methyl sites for hydroxylation is 1. The Morgan fingerprint density at radius 2 is 1.84 bits per heavy atom. The van der Waals surface area contributed by atoms with Gasteiger partial charge in [-0.05, 0) is 12.5 Å². The molecule has 0 atom stereocenters. The van der Waals surface area contributed by atoms with E-state index >= 15 is 0 Å². The average Bonchev–Trinajstić information content (AvgIpc) is 3.58. The van der Waals surface area contributed by atoms with Gasteiger partial charge < -0.3 is 19.5 Å². The highest BCUT2D eigenvalue weighted by Gasteiger charge is 2.31. The van der Waals surface area contributed by atoms with Gasteiger partial charge in [-0.1, -0.05) is 30.3 Å². The predicted molar refractivity (Wildman–Crippen MR) is 135 cm³/mol. The zero-order chi connectivity index (χ0) is 25.9. The van der Waals surface area contributed by atoms with Crippen molar-refractivity contribution in [1.29, 1.82) is 5.26 Å². The Balaban J connectivity index is 1.38. The second-order valence-electron chi connectivity index (χ2n) is 8.47. The first kappa shape index (κ1) is 23.7. The molecule has 1 amide bonds. The second kappa shape index (κ2) is 9.94. The van der Waals surface area contributed by atoms with E-state index in [4.69, 9.17) is 4.74 Å². The number of nitrogens with one attached hydrogen (secondary N) is 1. The van der Waals surface area contributed by atoms with Crippen molar-refractivity contribution >= 4 is 28.3 Å². The van der Waals surface area contributed by atoms with Crippen molar-refractivity contribution < 1.29 is 14.3 Å². The lowest BCUT2D eigenvalue weighted by Crippen LogP contribution is -2.49. The van der Waals surface area contributed by atoms with Crippen molar-refractivity contribution in [3.05, 3.63) is 72.1 Å². The largest absolute Gasteiger partial charge is 0.494 e. The molecule has 0 saturated carbocycles. The summed E-state index contributed by atoms with van der Waals surface area (Å²) < 4.78 is 6.96. The molecule has 0 unspecified atom stereocenters. The van der Waals surface area contributed by atoms with Crippen LogP contribution < -0.4 is 4.74 Å². The number of amides is 1. The van der Waals surface area contributed by atoms with E-state index in [9.17, 15) is 14.9 Å². The number of carbonyl (C=O) groups is 2. The minimum Gasteiger partial charge on any atom is -0.494 e. The molecule has 0 spiro atoms. The van der Waals surface area contributed by atoms with E-state index in [1.165, 1.54) is 36.6 Å². The summed E-state index contributed by atoms with van der Waals surface area (Å²) in [5, 5.41) is 14.0. The number of Topliss-reactive ketones (excluding diaryl/α,β-unsaturated/α-hetero) is 1. The highest BCUT2D eigenvalue weighted by atomic mass is 16.5. The zero-order valence-electron chi connectivity index (χ0n) is 20.4. The van der Waals surface area contributed by atoms with Crippen LogP contribution in [-0.4, -0.2) is 79.5 Å². The summed E-state index contributed by atoms with van der Waals surface area (Å²) in [6.07, 6.45) is 6.04. The number of benzene rings is 1. The average molecular weight is 497 g/mol. The number of H-pyrrole nitrogens is 1. The lowest BCUT2D eigenvalue weighted by atomic mass is 10.1. The molecule has 11 nitrogen and oxygen atoms in total. The highest BCUT2D eigenvalue weighted by molar-refractivity contribution is 6.45. The first-order valence-electron chi connectivity index (χ1n) is 11.7. The number of pyridine rings is 1.